The molecule has 2 aromatic carbocycles. The van der Waals surface area contributed by atoms with Gasteiger partial charge < -0.3 is 20.1 Å². The number of benzene rings is 2. The van der Waals surface area contributed by atoms with E-state index in [4.69, 9.17) is 9.47 Å². The van der Waals surface area contributed by atoms with Gasteiger partial charge in [0.25, 0.3) is 0 Å². The van der Waals surface area contributed by atoms with Crippen LogP contribution in [0, 0.1) is 0 Å². The molecule has 0 radical (unpaired) electrons. The molecule has 0 spiro atoms. The molecule has 3 N–H and O–H groups in total. The summed E-state index contributed by atoms with van der Waals surface area (Å²) in [5.74, 6) is 2.18. The van der Waals surface area contributed by atoms with Gasteiger partial charge in [-0.15, -0.1) is 0 Å². The Kier molecular flexibility index (Phi) is 9.61. The van der Waals surface area contributed by atoms with Crippen LogP contribution in [0.5, 0.6) is 11.5 Å². The maximum atomic E-state index is 11.8. The number of aliphatic imine (C=N–C) groups is 1. The molecule has 0 amide bonds. The molecule has 2 aromatic rings. The molecule has 0 bridgehead atoms. The molecule has 0 aromatic heterocycles. The Bertz CT molecular complexity index is 960. The minimum absolute atomic E-state index is 0.239. The van der Waals surface area contributed by atoms with Gasteiger partial charge in [-0.2, -0.15) is 0 Å². The van der Waals surface area contributed by atoms with Gasteiger partial charge in [0.05, 0.1) is 18.1 Å². The normalized spacial score (nSPS) is 11.8. The molecule has 0 saturated carbocycles. The lowest BCUT2D eigenvalue weighted by Gasteiger charge is -2.14. The molecule has 0 fully saturated rings. The molecule has 8 nitrogen and oxygen atoms in total. The fourth-order valence-electron chi connectivity index (χ4n) is 2.89. The van der Waals surface area contributed by atoms with E-state index in [0.717, 1.165) is 29.0 Å². The van der Waals surface area contributed by atoms with Crippen LogP contribution >= 0.6 is 0 Å². The average Bonchev–Trinajstić information content (AvgIpc) is 2.78. The molecule has 0 aliphatic rings. The molecule has 9 heteroatoms. The first-order chi connectivity index (χ1) is 14.9. The fourth-order valence-corrected chi connectivity index (χ4v) is 3.62. The molecular weight excluding hydrogens is 416 g/mol. The second-order valence-electron chi connectivity index (χ2n) is 6.60. The van der Waals surface area contributed by atoms with Gasteiger partial charge in [0.1, 0.15) is 0 Å². The quantitative estimate of drug-likeness (QED) is 0.360. The van der Waals surface area contributed by atoms with Gasteiger partial charge >= 0.3 is 0 Å². The van der Waals surface area contributed by atoms with Crippen molar-refractivity contribution in [3.8, 4) is 11.5 Å². The van der Waals surface area contributed by atoms with Crippen molar-refractivity contribution in [2.45, 2.75) is 31.7 Å². The van der Waals surface area contributed by atoms with E-state index in [0.29, 0.717) is 32.3 Å². The van der Waals surface area contributed by atoms with Crippen molar-refractivity contribution in [3.63, 3.8) is 0 Å². The fraction of sp³-hybridized carbons (Fsp3) is 0.409. The van der Waals surface area contributed by atoms with Crippen LogP contribution < -0.4 is 24.8 Å². The molecule has 170 valence electrons. The number of hydrogen-bond donors (Lipinski definition) is 3. The Hall–Kier alpha value is -2.78. The number of rotatable bonds is 11. The average molecular weight is 449 g/mol. The highest BCUT2D eigenvalue weighted by Crippen LogP contribution is 2.28. The van der Waals surface area contributed by atoms with Crippen molar-refractivity contribution in [2.24, 2.45) is 4.99 Å². The Balaban J connectivity index is 1.87. The van der Waals surface area contributed by atoms with Gasteiger partial charge in [-0.3, -0.25) is 4.99 Å². The van der Waals surface area contributed by atoms with E-state index in [-0.39, 0.29) is 4.90 Å². The summed E-state index contributed by atoms with van der Waals surface area (Å²) in [5, 5.41) is 6.52. The van der Waals surface area contributed by atoms with Gasteiger partial charge in [0.2, 0.25) is 10.0 Å². The van der Waals surface area contributed by atoms with Crippen molar-refractivity contribution < 1.29 is 17.9 Å². The van der Waals surface area contributed by atoms with Crippen LogP contribution in [-0.4, -0.2) is 48.2 Å². The Morgan fingerprint density at radius 1 is 0.935 bits per heavy atom. The molecule has 0 aliphatic carbocycles. The van der Waals surface area contributed by atoms with Gasteiger partial charge in [0.15, 0.2) is 17.5 Å². The van der Waals surface area contributed by atoms with Crippen molar-refractivity contribution in [1.29, 1.82) is 0 Å². The van der Waals surface area contributed by atoms with Crippen molar-refractivity contribution in [2.75, 3.05) is 33.9 Å². The van der Waals surface area contributed by atoms with Crippen LogP contribution in [-0.2, 0) is 23.0 Å². The predicted octanol–water partition coefficient (Wildman–Crippen LogP) is 2.30. The van der Waals surface area contributed by atoms with Gasteiger partial charge in [-0.25, -0.2) is 13.1 Å². The number of guanidine groups is 1. The number of ether oxygens (including phenoxy) is 2. The molecule has 0 aliphatic heterocycles. The first-order valence-corrected chi connectivity index (χ1v) is 11.8. The van der Waals surface area contributed by atoms with Crippen LogP contribution in [0.2, 0.25) is 0 Å². The third-order valence-electron chi connectivity index (χ3n) is 4.50. The third kappa shape index (κ3) is 7.45. The number of nitrogens with zero attached hydrogens (tertiary/aromatic N) is 1. The summed E-state index contributed by atoms with van der Waals surface area (Å²) in [4.78, 5) is 4.47. The monoisotopic (exact) mass is 448 g/mol. The Labute approximate surface area is 185 Å². The molecule has 0 atom stereocenters. The Morgan fingerprint density at radius 3 is 2.19 bits per heavy atom. The Morgan fingerprint density at radius 2 is 1.58 bits per heavy atom. The number of hydrogen-bond acceptors (Lipinski definition) is 5. The summed E-state index contributed by atoms with van der Waals surface area (Å²) in [6.45, 7) is 6.30. The van der Waals surface area contributed by atoms with Crippen LogP contribution in [0.1, 0.15) is 25.0 Å². The summed E-state index contributed by atoms with van der Waals surface area (Å²) < 4.78 is 37.2. The van der Waals surface area contributed by atoms with Gasteiger partial charge in [-0.05, 0) is 62.7 Å². The lowest BCUT2D eigenvalue weighted by Crippen LogP contribution is -2.37. The minimum atomic E-state index is -3.43. The largest absolute Gasteiger partial charge is 0.490 e. The summed E-state index contributed by atoms with van der Waals surface area (Å²) in [6.07, 6.45) is 0.795. The topological polar surface area (TPSA) is 101 Å². The lowest BCUT2D eigenvalue weighted by atomic mass is 10.1. The zero-order valence-electron chi connectivity index (χ0n) is 18.6. The van der Waals surface area contributed by atoms with Gasteiger partial charge in [-0.1, -0.05) is 18.2 Å². The number of nitrogens with one attached hydrogen (secondary N) is 3. The zero-order valence-corrected chi connectivity index (χ0v) is 19.4. The smallest absolute Gasteiger partial charge is 0.240 e. The molecular formula is C22H32N4O4S. The lowest BCUT2D eigenvalue weighted by molar-refractivity contribution is 0.287. The van der Waals surface area contributed by atoms with E-state index >= 15 is 0 Å². The van der Waals surface area contributed by atoms with Crippen molar-refractivity contribution >= 4 is 16.0 Å². The van der Waals surface area contributed by atoms with E-state index in [1.54, 1.807) is 31.3 Å². The highest BCUT2D eigenvalue weighted by atomic mass is 32.2. The highest BCUT2D eigenvalue weighted by molar-refractivity contribution is 7.89. The summed E-state index contributed by atoms with van der Waals surface area (Å²) in [6, 6.07) is 12.7. The zero-order chi connectivity index (χ0) is 22.7. The van der Waals surface area contributed by atoms with E-state index < -0.39 is 10.0 Å². The maximum absolute atomic E-state index is 11.8. The summed E-state index contributed by atoms with van der Waals surface area (Å²) in [7, 11) is -0.321. The van der Waals surface area contributed by atoms with Crippen molar-refractivity contribution in [1.82, 2.24) is 15.4 Å². The molecule has 31 heavy (non-hydrogen) atoms. The predicted molar refractivity (Wildman–Crippen MR) is 123 cm³/mol. The van der Waals surface area contributed by atoms with E-state index in [9.17, 15) is 8.42 Å². The van der Waals surface area contributed by atoms with Crippen LogP contribution in [0.4, 0.5) is 0 Å². The number of sulfonamides is 1. The first-order valence-electron chi connectivity index (χ1n) is 10.3. The molecule has 0 heterocycles. The molecule has 0 unspecified atom stereocenters. The van der Waals surface area contributed by atoms with Crippen LogP contribution in [0.25, 0.3) is 0 Å². The first kappa shape index (κ1) is 24.5. The minimum Gasteiger partial charge on any atom is -0.490 e. The summed E-state index contributed by atoms with van der Waals surface area (Å²) in [5.41, 5.74) is 2.09. The van der Waals surface area contributed by atoms with Crippen LogP contribution in [0.3, 0.4) is 0 Å². The summed E-state index contributed by atoms with van der Waals surface area (Å²) >= 11 is 0. The maximum Gasteiger partial charge on any atom is 0.240 e. The van der Waals surface area contributed by atoms with E-state index in [1.165, 1.54) is 7.05 Å². The third-order valence-corrected chi connectivity index (χ3v) is 5.93. The second-order valence-corrected chi connectivity index (χ2v) is 8.49. The molecule has 0 saturated heterocycles. The van der Waals surface area contributed by atoms with Crippen molar-refractivity contribution in [3.05, 3.63) is 53.6 Å². The second kappa shape index (κ2) is 12.2. The molecule has 2 rings (SSSR count). The highest BCUT2D eigenvalue weighted by Gasteiger charge is 2.10. The SMILES string of the molecule is CCOc1ccc(CCNC(=NC)NCc2ccc(S(=O)(=O)NC)cc2)cc1OCC. The standard InChI is InChI=1S/C22H32N4O4S/c1-5-29-20-12-9-17(15-21(20)30-6-2)13-14-25-22(23-3)26-16-18-7-10-19(11-8-18)31(27,28)24-4/h7-12,15,24H,5-6,13-14,16H2,1-4H3,(H2,23,25,26). The van der Waals surface area contributed by atoms with Gasteiger partial charge in [0, 0.05) is 20.1 Å². The van der Waals surface area contributed by atoms with E-state index in [1.807, 2.05) is 32.0 Å². The van der Waals surface area contributed by atoms with E-state index in [2.05, 4.69) is 20.3 Å². The van der Waals surface area contributed by atoms with Crippen LogP contribution in [0.15, 0.2) is 52.4 Å².